The maximum absolute atomic E-state index is 13.4. The smallest absolute Gasteiger partial charge is 0.290 e. The van der Waals surface area contributed by atoms with Crippen molar-refractivity contribution in [3.8, 4) is 23.3 Å². The summed E-state index contributed by atoms with van der Waals surface area (Å²) in [6, 6.07) is 4.36. The molecule has 37 heavy (non-hydrogen) atoms. The molecule has 1 aromatic carbocycles. The predicted molar refractivity (Wildman–Crippen MR) is 118 cm³/mol. The highest BCUT2D eigenvalue weighted by atomic mass is 32.2. The minimum Gasteiger partial charge on any atom is -0.290 e. The topological polar surface area (TPSA) is 114 Å². The lowest BCUT2D eigenvalue weighted by atomic mass is 10.1. The van der Waals surface area contributed by atoms with Crippen LogP contribution < -0.4 is 4.72 Å². The van der Waals surface area contributed by atoms with E-state index in [-0.39, 0.29) is 33.7 Å². The van der Waals surface area contributed by atoms with Crippen LogP contribution in [0.1, 0.15) is 18.1 Å². The van der Waals surface area contributed by atoms with E-state index < -0.39 is 38.9 Å². The lowest BCUT2D eigenvalue weighted by Gasteiger charge is -2.17. The third-order valence-corrected chi connectivity index (χ3v) is 6.82. The van der Waals surface area contributed by atoms with Crippen LogP contribution in [0.4, 0.5) is 26.3 Å². The number of fused-ring (bicyclic) bond motifs is 1. The summed E-state index contributed by atoms with van der Waals surface area (Å²) in [5.41, 5.74) is -1.11. The van der Waals surface area contributed by atoms with E-state index >= 15 is 0 Å². The van der Waals surface area contributed by atoms with Crippen molar-refractivity contribution in [2.45, 2.75) is 30.2 Å². The van der Waals surface area contributed by atoms with Crippen LogP contribution in [0.2, 0.25) is 0 Å². The van der Waals surface area contributed by atoms with Gasteiger partial charge in [0, 0.05) is 24.0 Å². The van der Waals surface area contributed by atoms with Crippen LogP contribution >= 0.6 is 0 Å². The Morgan fingerprint density at radius 1 is 1.03 bits per heavy atom. The number of rotatable bonds is 5. The number of hydrogen-bond acceptors (Lipinski definition) is 6. The minimum atomic E-state index is -4.82. The van der Waals surface area contributed by atoms with E-state index in [2.05, 4.69) is 15.0 Å². The minimum absolute atomic E-state index is 0.0158. The van der Waals surface area contributed by atoms with Crippen molar-refractivity contribution in [3.63, 3.8) is 0 Å². The van der Waals surface area contributed by atoms with Gasteiger partial charge in [-0.1, -0.05) is 0 Å². The Labute approximate surface area is 205 Å². The summed E-state index contributed by atoms with van der Waals surface area (Å²) in [7, 11) is -4.62. The van der Waals surface area contributed by atoms with Crippen LogP contribution in [0.5, 0.6) is 0 Å². The van der Waals surface area contributed by atoms with Crippen molar-refractivity contribution >= 4 is 20.9 Å². The van der Waals surface area contributed by atoms with Gasteiger partial charge in [-0.25, -0.2) is 13.4 Å². The molecule has 0 saturated carbocycles. The first-order valence-corrected chi connectivity index (χ1v) is 11.7. The van der Waals surface area contributed by atoms with Gasteiger partial charge >= 0.3 is 12.4 Å². The van der Waals surface area contributed by atoms with Crippen molar-refractivity contribution < 1.29 is 34.8 Å². The summed E-state index contributed by atoms with van der Waals surface area (Å²) in [5.74, 6) is 0.128. The molecule has 0 bridgehead atoms. The number of hydrogen-bond donors (Lipinski definition) is 1. The molecular formula is C22H14F6N6O2S. The Morgan fingerprint density at radius 3 is 2.30 bits per heavy atom. The quantitative estimate of drug-likeness (QED) is 0.370. The fraction of sp³-hybridized carbons (Fsp3) is 0.182. The van der Waals surface area contributed by atoms with Crippen molar-refractivity contribution in [3.05, 3.63) is 66.2 Å². The second-order valence-corrected chi connectivity index (χ2v) is 9.44. The number of halogens is 6. The molecule has 4 aromatic rings. The first-order chi connectivity index (χ1) is 17.2. The highest BCUT2D eigenvalue weighted by Crippen LogP contribution is 2.38. The number of benzene rings is 1. The predicted octanol–water partition coefficient (Wildman–Crippen LogP) is 4.60. The average molecular weight is 540 g/mol. The number of aromatic nitrogens is 4. The molecule has 8 nitrogen and oxygen atoms in total. The van der Waals surface area contributed by atoms with E-state index in [1.165, 1.54) is 27.9 Å². The summed E-state index contributed by atoms with van der Waals surface area (Å²) in [4.78, 5) is 11.5. The summed E-state index contributed by atoms with van der Waals surface area (Å²) in [6.07, 6.45) is -4.77. The highest BCUT2D eigenvalue weighted by molar-refractivity contribution is 7.89. The van der Waals surface area contributed by atoms with Gasteiger partial charge in [0.05, 0.1) is 34.2 Å². The molecule has 3 aromatic heterocycles. The second-order valence-electron chi connectivity index (χ2n) is 7.73. The Kier molecular flexibility index (Phi) is 6.42. The second kappa shape index (κ2) is 9.12. The van der Waals surface area contributed by atoms with Crippen molar-refractivity contribution in [1.82, 2.24) is 24.2 Å². The van der Waals surface area contributed by atoms with Gasteiger partial charge in [-0.05, 0) is 37.3 Å². The van der Waals surface area contributed by atoms with Crippen molar-refractivity contribution in [2.75, 3.05) is 0 Å². The summed E-state index contributed by atoms with van der Waals surface area (Å²) in [5, 5.41) is 9.80. The number of sulfonamides is 1. The van der Waals surface area contributed by atoms with Crippen LogP contribution in [0.25, 0.3) is 28.1 Å². The molecule has 0 aliphatic heterocycles. The van der Waals surface area contributed by atoms with Gasteiger partial charge in [-0.3, -0.25) is 14.5 Å². The van der Waals surface area contributed by atoms with Crippen LogP contribution in [-0.2, 0) is 16.2 Å². The van der Waals surface area contributed by atoms with E-state index in [0.29, 0.717) is 6.92 Å². The van der Waals surface area contributed by atoms with Crippen LogP contribution in [-0.4, -0.2) is 40.2 Å². The number of nitrogens with zero attached hydrogens (tertiary/aromatic N) is 5. The number of pyridine rings is 1. The van der Waals surface area contributed by atoms with E-state index in [4.69, 9.17) is 0 Å². The molecular weight excluding hydrogens is 526 g/mol. The van der Waals surface area contributed by atoms with Gasteiger partial charge in [-0.15, -0.1) is 0 Å². The maximum atomic E-state index is 13.4. The third kappa shape index (κ3) is 4.98. The molecule has 0 aliphatic carbocycles. The molecule has 0 saturated heterocycles. The zero-order chi connectivity index (χ0) is 27.2. The highest BCUT2D eigenvalue weighted by Gasteiger charge is 2.39. The van der Waals surface area contributed by atoms with Crippen LogP contribution in [0, 0.1) is 11.3 Å². The fourth-order valence-corrected chi connectivity index (χ4v) is 4.69. The van der Waals surface area contributed by atoms with Gasteiger partial charge in [-0.2, -0.15) is 36.3 Å². The van der Waals surface area contributed by atoms with Gasteiger partial charge in [0.15, 0.2) is 5.82 Å². The number of alkyl halides is 6. The number of nitrogens with one attached hydrogen (secondary N) is 1. The first-order valence-electron chi connectivity index (χ1n) is 10.2. The van der Waals surface area contributed by atoms with Gasteiger partial charge in [0.1, 0.15) is 17.0 Å². The summed E-state index contributed by atoms with van der Waals surface area (Å²) in [6.45, 7) is 0.632. The molecule has 192 valence electrons. The third-order valence-electron chi connectivity index (χ3n) is 5.30. The molecule has 1 atom stereocenters. The largest absolute Gasteiger partial charge is 0.416 e. The molecule has 3 heterocycles. The molecule has 0 spiro atoms. The Hall–Kier alpha value is -4.03. The number of nitriles is 1. The van der Waals surface area contributed by atoms with E-state index in [1.54, 1.807) is 0 Å². The molecule has 0 unspecified atom stereocenters. The Morgan fingerprint density at radius 2 is 1.76 bits per heavy atom. The van der Waals surface area contributed by atoms with E-state index in [0.717, 1.165) is 36.5 Å². The monoisotopic (exact) mass is 540 g/mol. The lowest BCUT2D eigenvalue weighted by molar-refractivity contribution is -0.147. The molecule has 0 aliphatic rings. The zero-order valence-electron chi connectivity index (χ0n) is 18.5. The van der Waals surface area contributed by atoms with Crippen molar-refractivity contribution in [2.24, 2.45) is 0 Å². The van der Waals surface area contributed by atoms with Crippen LogP contribution in [0.3, 0.4) is 0 Å². The van der Waals surface area contributed by atoms with E-state index in [9.17, 15) is 40.0 Å². The Bertz CT molecular complexity index is 1610. The Balaban J connectivity index is 1.91. The first kappa shape index (κ1) is 26.0. The summed E-state index contributed by atoms with van der Waals surface area (Å²) >= 11 is 0. The lowest BCUT2D eigenvalue weighted by Crippen LogP contribution is -2.42. The molecule has 0 radical (unpaired) electrons. The normalized spacial score (nSPS) is 13.5. The molecule has 1 N–H and O–H groups in total. The molecule has 0 fully saturated rings. The SMILES string of the molecule is C[C@H](NS(=O)(=O)c1ccc(-c2c(C#N)c3cc(C(F)(F)F)ccc3n2-c2cnccn2)nc1)C(F)(F)F. The maximum Gasteiger partial charge on any atom is 0.416 e. The van der Waals surface area contributed by atoms with Gasteiger partial charge in [0.2, 0.25) is 10.0 Å². The molecule has 4 rings (SSSR count). The van der Waals surface area contributed by atoms with E-state index in [1.807, 2.05) is 6.07 Å². The fourth-order valence-electron chi connectivity index (χ4n) is 3.51. The molecule has 15 heteroatoms. The van der Waals surface area contributed by atoms with Crippen molar-refractivity contribution in [1.29, 1.82) is 5.26 Å². The molecule has 0 amide bonds. The zero-order valence-corrected chi connectivity index (χ0v) is 19.3. The standard InChI is InChI=1S/C22H14F6N6O2S/c1-12(21(23,24)25)33-37(35,36)14-3-4-17(32-10-14)20-16(9-29)15-8-13(22(26,27)28)2-5-18(15)34(20)19-11-30-6-7-31-19/h2-8,10-12,33H,1H3/t12-/m0/s1. The summed E-state index contributed by atoms with van der Waals surface area (Å²) < 4.78 is 106. The van der Waals surface area contributed by atoms with Gasteiger partial charge in [0.25, 0.3) is 0 Å². The van der Waals surface area contributed by atoms with Crippen LogP contribution in [0.15, 0.2) is 60.0 Å². The average Bonchev–Trinajstić information content (AvgIpc) is 3.17. The van der Waals surface area contributed by atoms with Gasteiger partial charge < -0.3 is 0 Å².